The first-order valence-electron chi connectivity index (χ1n) is 7.54. The Balaban J connectivity index is 1.61. The van der Waals surface area contributed by atoms with E-state index in [1.165, 1.54) is 15.8 Å². The van der Waals surface area contributed by atoms with Crippen molar-refractivity contribution in [1.82, 2.24) is 20.3 Å². The predicted molar refractivity (Wildman–Crippen MR) is 85.5 cm³/mol. The van der Waals surface area contributed by atoms with Gasteiger partial charge in [0.25, 0.3) is 0 Å². The molecular formula is C17H16N4O2. The summed E-state index contributed by atoms with van der Waals surface area (Å²) in [6.07, 6.45) is 1.89. The van der Waals surface area contributed by atoms with E-state index in [-0.39, 0.29) is 12.1 Å². The molecule has 0 saturated carbocycles. The molecule has 1 heterocycles. The second-order valence-corrected chi connectivity index (χ2v) is 5.60. The maximum atomic E-state index is 12.6. The molecule has 1 aromatic heterocycles. The molecule has 0 spiro atoms. The third-order valence-corrected chi connectivity index (χ3v) is 4.28. The molecule has 2 aromatic carbocycles. The molecule has 6 nitrogen and oxygen atoms in total. The van der Waals surface area contributed by atoms with Crippen LogP contribution in [0.2, 0.25) is 0 Å². The van der Waals surface area contributed by atoms with Crippen LogP contribution in [0, 0.1) is 0 Å². The zero-order chi connectivity index (χ0) is 15.8. The van der Waals surface area contributed by atoms with Crippen LogP contribution >= 0.6 is 0 Å². The summed E-state index contributed by atoms with van der Waals surface area (Å²) in [5, 5.41) is 11.1. The van der Waals surface area contributed by atoms with Crippen molar-refractivity contribution in [2.45, 2.75) is 18.9 Å². The van der Waals surface area contributed by atoms with E-state index in [1.807, 2.05) is 12.1 Å². The van der Waals surface area contributed by atoms with Gasteiger partial charge in [0.15, 0.2) is 0 Å². The number of carbonyl (C=O) groups is 1. The minimum Gasteiger partial charge on any atom is -0.497 e. The molecule has 0 radical (unpaired) electrons. The van der Waals surface area contributed by atoms with Crippen molar-refractivity contribution in [3.63, 3.8) is 0 Å². The highest BCUT2D eigenvalue weighted by molar-refractivity contribution is 5.88. The summed E-state index contributed by atoms with van der Waals surface area (Å²) in [6.45, 7) is 0. The van der Waals surface area contributed by atoms with Crippen molar-refractivity contribution in [3.05, 3.63) is 53.6 Å². The minimum absolute atomic E-state index is 0.0243. The summed E-state index contributed by atoms with van der Waals surface area (Å²) < 4.78 is 6.46. The molecule has 0 fully saturated rings. The molecule has 3 aromatic rings. The SMILES string of the molecule is COc1ccc2c(c1)nnn2C(=O)N[C@@H]1CCc2ccccc21. The maximum absolute atomic E-state index is 12.6. The predicted octanol–water partition coefficient (Wildman–Crippen LogP) is 2.69. The summed E-state index contributed by atoms with van der Waals surface area (Å²) in [6, 6.07) is 13.3. The number of nitrogens with one attached hydrogen (secondary N) is 1. The van der Waals surface area contributed by atoms with Gasteiger partial charge < -0.3 is 10.1 Å². The van der Waals surface area contributed by atoms with E-state index in [4.69, 9.17) is 4.74 Å². The third kappa shape index (κ3) is 2.32. The van der Waals surface area contributed by atoms with Gasteiger partial charge in [-0.25, -0.2) is 4.79 Å². The summed E-state index contributed by atoms with van der Waals surface area (Å²) >= 11 is 0. The van der Waals surface area contributed by atoms with Gasteiger partial charge >= 0.3 is 6.03 Å². The molecule has 23 heavy (non-hydrogen) atoms. The van der Waals surface area contributed by atoms with E-state index in [1.54, 1.807) is 25.3 Å². The van der Waals surface area contributed by atoms with Crippen molar-refractivity contribution in [2.24, 2.45) is 0 Å². The highest BCUT2D eigenvalue weighted by atomic mass is 16.5. The average Bonchev–Trinajstić information content (AvgIpc) is 3.18. The zero-order valence-corrected chi connectivity index (χ0v) is 12.7. The number of aryl methyl sites for hydroxylation is 1. The molecule has 4 rings (SSSR count). The van der Waals surface area contributed by atoms with Gasteiger partial charge in [0.05, 0.1) is 18.7 Å². The minimum atomic E-state index is -0.264. The number of carbonyl (C=O) groups excluding carboxylic acids is 1. The number of fused-ring (bicyclic) bond motifs is 2. The number of methoxy groups -OCH3 is 1. The highest BCUT2D eigenvalue weighted by Crippen LogP contribution is 2.30. The number of hydrogen-bond donors (Lipinski definition) is 1. The van der Waals surface area contributed by atoms with Crippen LogP contribution in [0.25, 0.3) is 11.0 Å². The monoisotopic (exact) mass is 308 g/mol. The Morgan fingerprint density at radius 2 is 2.17 bits per heavy atom. The van der Waals surface area contributed by atoms with E-state index in [0.717, 1.165) is 12.8 Å². The fourth-order valence-electron chi connectivity index (χ4n) is 3.10. The number of nitrogens with zero attached hydrogens (tertiary/aromatic N) is 3. The maximum Gasteiger partial charge on any atom is 0.344 e. The van der Waals surface area contributed by atoms with Crippen molar-refractivity contribution >= 4 is 17.1 Å². The van der Waals surface area contributed by atoms with Gasteiger partial charge in [-0.3, -0.25) is 0 Å². The van der Waals surface area contributed by atoms with Gasteiger partial charge in [0.1, 0.15) is 11.3 Å². The van der Waals surface area contributed by atoms with Gasteiger partial charge in [-0.1, -0.05) is 29.5 Å². The molecule has 0 aliphatic heterocycles. The fourth-order valence-corrected chi connectivity index (χ4v) is 3.10. The van der Waals surface area contributed by atoms with Crippen LogP contribution in [0.15, 0.2) is 42.5 Å². The Labute approximate surface area is 133 Å². The Bertz CT molecular complexity index is 887. The molecular weight excluding hydrogens is 292 g/mol. The van der Waals surface area contributed by atoms with Crippen molar-refractivity contribution in [1.29, 1.82) is 0 Å². The van der Waals surface area contributed by atoms with Crippen molar-refractivity contribution in [3.8, 4) is 5.75 Å². The molecule has 1 amide bonds. The zero-order valence-electron chi connectivity index (χ0n) is 12.7. The molecule has 1 aliphatic carbocycles. The van der Waals surface area contributed by atoms with Crippen LogP contribution < -0.4 is 10.1 Å². The first-order valence-corrected chi connectivity index (χ1v) is 7.54. The van der Waals surface area contributed by atoms with Crippen LogP contribution in [-0.4, -0.2) is 28.1 Å². The van der Waals surface area contributed by atoms with Gasteiger partial charge in [-0.05, 0) is 36.1 Å². The van der Waals surface area contributed by atoms with Crippen LogP contribution in [0.5, 0.6) is 5.75 Å². The van der Waals surface area contributed by atoms with Gasteiger partial charge in [-0.15, -0.1) is 5.10 Å². The summed E-state index contributed by atoms with van der Waals surface area (Å²) in [7, 11) is 1.59. The van der Waals surface area contributed by atoms with Gasteiger partial charge in [0.2, 0.25) is 0 Å². The number of aromatic nitrogens is 3. The normalized spacial score (nSPS) is 16.3. The second-order valence-electron chi connectivity index (χ2n) is 5.60. The molecule has 0 unspecified atom stereocenters. The molecule has 6 heteroatoms. The van der Waals surface area contributed by atoms with Crippen molar-refractivity contribution < 1.29 is 9.53 Å². The Morgan fingerprint density at radius 3 is 3.04 bits per heavy atom. The topological polar surface area (TPSA) is 69.0 Å². The summed E-state index contributed by atoms with van der Waals surface area (Å²) in [4.78, 5) is 12.6. The number of rotatable bonds is 2. The molecule has 1 aliphatic rings. The molecule has 0 bridgehead atoms. The largest absolute Gasteiger partial charge is 0.497 e. The van der Waals surface area contributed by atoms with Crippen molar-refractivity contribution in [2.75, 3.05) is 7.11 Å². The lowest BCUT2D eigenvalue weighted by Gasteiger charge is -2.13. The highest BCUT2D eigenvalue weighted by Gasteiger charge is 2.24. The Hall–Kier alpha value is -2.89. The third-order valence-electron chi connectivity index (χ3n) is 4.28. The lowest BCUT2D eigenvalue weighted by molar-refractivity contribution is 0.236. The average molecular weight is 308 g/mol. The fraction of sp³-hybridized carbons (Fsp3) is 0.235. The number of ether oxygens (including phenoxy) is 1. The van der Waals surface area contributed by atoms with E-state index < -0.39 is 0 Å². The first kappa shape index (κ1) is 13.8. The number of hydrogen-bond acceptors (Lipinski definition) is 4. The first-order chi connectivity index (χ1) is 11.3. The quantitative estimate of drug-likeness (QED) is 0.790. The van der Waals surface area contributed by atoms with E-state index in [2.05, 4.69) is 27.8 Å². The molecule has 1 atom stereocenters. The summed E-state index contributed by atoms with van der Waals surface area (Å²) in [5.41, 5.74) is 3.78. The molecule has 1 N–H and O–H groups in total. The van der Waals surface area contributed by atoms with Crippen LogP contribution in [0.3, 0.4) is 0 Å². The van der Waals surface area contributed by atoms with E-state index >= 15 is 0 Å². The molecule has 116 valence electrons. The van der Waals surface area contributed by atoms with Crippen LogP contribution in [0.1, 0.15) is 23.6 Å². The lowest BCUT2D eigenvalue weighted by atomic mass is 10.1. The van der Waals surface area contributed by atoms with Gasteiger partial charge in [-0.2, -0.15) is 4.68 Å². The van der Waals surface area contributed by atoms with E-state index in [9.17, 15) is 4.79 Å². The smallest absolute Gasteiger partial charge is 0.344 e. The van der Waals surface area contributed by atoms with E-state index in [0.29, 0.717) is 16.8 Å². The number of benzene rings is 2. The standard InChI is InChI=1S/C17H16N4O2/c1-23-12-7-9-16-15(10-12)19-20-21(16)17(22)18-14-8-6-11-4-2-3-5-13(11)14/h2-5,7,9-10,14H,6,8H2,1H3,(H,18,22)/t14-/m1/s1. The lowest BCUT2D eigenvalue weighted by Crippen LogP contribution is -2.32. The second kappa shape index (κ2) is 5.39. The van der Waals surface area contributed by atoms with Crippen LogP contribution in [0.4, 0.5) is 4.79 Å². The molecule has 0 saturated heterocycles. The van der Waals surface area contributed by atoms with Gasteiger partial charge in [0, 0.05) is 6.07 Å². The Morgan fingerprint density at radius 1 is 1.30 bits per heavy atom. The summed E-state index contributed by atoms with van der Waals surface area (Å²) in [5.74, 6) is 0.690. The number of amides is 1. The van der Waals surface area contributed by atoms with Crippen LogP contribution in [-0.2, 0) is 6.42 Å². The Kier molecular flexibility index (Phi) is 3.22.